The predicted molar refractivity (Wildman–Crippen MR) is 404 cm³/mol. The van der Waals surface area contributed by atoms with E-state index >= 15 is 0 Å². The molecule has 2 unspecified atom stereocenters. The van der Waals surface area contributed by atoms with Crippen molar-refractivity contribution >= 4 is 39.5 Å². The van der Waals surface area contributed by atoms with Crippen molar-refractivity contribution < 1.29 is 80.2 Å². The van der Waals surface area contributed by atoms with Crippen LogP contribution in [0.25, 0.3) is 0 Å². The molecule has 0 saturated heterocycles. The Hall–Kier alpha value is -2.46. The summed E-state index contributed by atoms with van der Waals surface area (Å²) in [5.41, 5.74) is 0. The minimum absolute atomic E-state index is 0.102. The minimum Gasteiger partial charge on any atom is -0.462 e. The van der Waals surface area contributed by atoms with Crippen LogP contribution in [0.3, 0.4) is 0 Å². The fraction of sp³-hybridized carbons (Fsp3) is 0.900. The molecule has 0 aliphatic carbocycles. The van der Waals surface area contributed by atoms with Crippen LogP contribution in [-0.4, -0.2) is 96.7 Å². The van der Waals surface area contributed by atoms with Crippen molar-refractivity contribution in [1.82, 2.24) is 0 Å². The Morgan fingerprint density at radius 3 is 0.828 bits per heavy atom. The Bertz CT molecular complexity index is 2000. The molecular weight excluding hydrogens is 1290 g/mol. The minimum atomic E-state index is -4.97. The maximum absolute atomic E-state index is 13.1. The Balaban J connectivity index is 5.25. The average molecular weight is 1450 g/mol. The van der Waals surface area contributed by atoms with Gasteiger partial charge in [0.05, 0.1) is 26.4 Å². The van der Waals surface area contributed by atoms with Gasteiger partial charge in [0.1, 0.15) is 19.3 Å². The molecule has 5 atom stereocenters. The largest absolute Gasteiger partial charge is 0.472 e. The molecule has 19 heteroatoms. The summed E-state index contributed by atoms with van der Waals surface area (Å²) in [5, 5.41) is 10.6. The van der Waals surface area contributed by atoms with E-state index in [0.29, 0.717) is 31.6 Å². The number of carbonyl (C=O) groups is 4. The second-order valence-electron chi connectivity index (χ2n) is 29.1. The molecular formula is C80H152O17P2. The zero-order chi connectivity index (χ0) is 72.8. The molecule has 17 nitrogen and oxygen atoms in total. The molecule has 0 heterocycles. The highest BCUT2D eigenvalue weighted by atomic mass is 31.2. The zero-order valence-corrected chi connectivity index (χ0v) is 66.1. The van der Waals surface area contributed by atoms with Crippen molar-refractivity contribution in [2.75, 3.05) is 39.6 Å². The maximum Gasteiger partial charge on any atom is 0.472 e. The molecule has 0 saturated carbocycles. The van der Waals surface area contributed by atoms with E-state index in [0.717, 1.165) is 121 Å². The molecule has 0 aromatic heterocycles. The average Bonchev–Trinajstić information content (AvgIpc) is 0.979. The van der Waals surface area contributed by atoms with E-state index in [-0.39, 0.29) is 25.7 Å². The van der Waals surface area contributed by atoms with Gasteiger partial charge in [-0.2, -0.15) is 0 Å². The van der Waals surface area contributed by atoms with Crippen LogP contribution in [0.4, 0.5) is 0 Å². The van der Waals surface area contributed by atoms with Gasteiger partial charge < -0.3 is 33.8 Å². The number of hydrogen-bond acceptors (Lipinski definition) is 15. The highest BCUT2D eigenvalue weighted by molar-refractivity contribution is 7.47. The van der Waals surface area contributed by atoms with Crippen LogP contribution in [0.15, 0.2) is 24.3 Å². The Morgan fingerprint density at radius 2 is 0.545 bits per heavy atom. The molecule has 0 aromatic rings. The third-order valence-corrected chi connectivity index (χ3v) is 20.0. The number of allylic oxidation sites excluding steroid dienone is 4. The quantitative estimate of drug-likeness (QED) is 0.0169. The first-order chi connectivity index (χ1) is 47.9. The lowest BCUT2D eigenvalue weighted by Gasteiger charge is -2.21. The topological polar surface area (TPSA) is 237 Å². The number of aliphatic hydroxyl groups is 1. The van der Waals surface area contributed by atoms with Crippen molar-refractivity contribution in [1.29, 1.82) is 0 Å². The highest BCUT2D eigenvalue weighted by Gasteiger charge is 2.30. The van der Waals surface area contributed by atoms with Crippen LogP contribution >= 0.6 is 15.6 Å². The van der Waals surface area contributed by atoms with Gasteiger partial charge in [0, 0.05) is 25.7 Å². The van der Waals surface area contributed by atoms with Gasteiger partial charge >= 0.3 is 39.5 Å². The second kappa shape index (κ2) is 71.2. The van der Waals surface area contributed by atoms with E-state index in [1.807, 2.05) is 0 Å². The standard InChI is InChI=1S/C80H152O17P2/c1-7-9-11-13-15-17-19-21-23-24-25-26-27-28-30-32-34-39-45-52-58-64-79(84)96-75(68-90-77(82)62-56-50-44-38-33-31-29-22-20-18-16-14-12-10-8-2)70-94-98(86,87)92-66-74(81)67-93-99(88,89)95-71-76(69-91-78(83)63-57-51-47-41-43-49-55-61-73(5)6)97-80(85)65-59-53-46-40-36-35-37-42-48-54-60-72(3)4/h18,20,22,29,72-76,81H,7-17,19,21,23-28,30-71H2,1-6H3,(H,86,87)(H,88,89)/b20-18-,29-22-/t74-,75-,76-/m1/s1. The highest BCUT2D eigenvalue weighted by Crippen LogP contribution is 2.45. The summed E-state index contributed by atoms with van der Waals surface area (Å²) < 4.78 is 68.6. The van der Waals surface area contributed by atoms with Gasteiger partial charge in [-0.15, -0.1) is 0 Å². The summed E-state index contributed by atoms with van der Waals surface area (Å²) in [7, 11) is -9.93. The molecule has 0 amide bonds. The fourth-order valence-electron chi connectivity index (χ4n) is 11.8. The molecule has 99 heavy (non-hydrogen) atoms. The lowest BCUT2D eigenvalue weighted by molar-refractivity contribution is -0.161. The van der Waals surface area contributed by atoms with Crippen molar-refractivity contribution in [3.63, 3.8) is 0 Å². The van der Waals surface area contributed by atoms with Gasteiger partial charge in [-0.05, 0) is 63.2 Å². The summed E-state index contributed by atoms with van der Waals surface area (Å²) in [4.78, 5) is 72.9. The molecule has 0 spiro atoms. The molecule has 0 bridgehead atoms. The number of aliphatic hydroxyl groups excluding tert-OH is 1. The third kappa shape index (κ3) is 73.6. The first-order valence-electron chi connectivity index (χ1n) is 40.8. The van der Waals surface area contributed by atoms with Crippen molar-refractivity contribution in [2.45, 2.75) is 413 Å². The monoisotopic (exact) mass is 1450 g/mol. The van der Waals surface area contributed by atoms with E-state index < -0.39 is 97.5 Å². The predicted octanol–water partition coefficient (Wildman–Crippen LogP) is 23.4. The summed E-state index contributed by atoms with van der Waals surface area (Å²) in [5.74, 6) is -0.690. The second-order valence-corrected chi connectivity index (χ2v) is 32.0. The van der Waals surface area contributed by atoms with Crippen molar-refractivity contribution in [3.8, 4) is 0 Å². The third-order valence-electron chi connectivity index (χ3n) is 18.1. The number of phosphoric ester groups is 2. The molecule has 0 rings (SSSR count). The number of unbranched alkanes of at least 4 members (excludes halogenated alkanes) is 44. The number of ether oxygens (including phenoxy) is 4. The van der Waals surface area contributed by atoms with Crippen LogP contribution in [0, 0.1) is 11.8 Å². The van der Waals surface area contributed by atoms with Crippen molar-refractivity contribution in [2.24, 2.45) is 11.8 Å². The van der Waals surface area contributed by atoms with E-state index in [4.69, 9.17) is 37.0 Å². The van der Waals surface area contributed by atoms with Gasteiger partial charge in [0.25, 0.3) is 0 Å². The van der Waals surface area contributed by atoms with Gasteiger partial charge in [-0.25, -0.2) is 9.13 Å². The van der Waals surface area contributed by atoms with E-state index in [9.17, 15) is 43.2 Å². The molecule has 0 fully saturated rings. The summed E-state index contributed by atoms with van der Waals surface area (Å²) >= 11 is 0. The maximum atomic E-state index is 13.1. The van der Waals surface area contributed by atoms with Crippen LogP contribution in [0.5, 0.6) is 0 Å². The fourth-order valence-corrected chi connectivity index (χ4v) is 13.4. The van der Waals surface area contributed by atoms with Crippen LogP contribution in [-0.2, 0) is 65.4 Å². The normalized spacial score (nSPS) is 14.1. The zero-order valence-electron chi connectivity index (χ0n) is 64.3. The molecule has 0 aromatic carbocycles. The number of hydrogen-bond donors (Lipinski definition) is 3. The Kier molecular flexibility index (Phi) is 69.4. The molecule has 0 aliphatic rings. The Morgan fingerprint density at radius 1 is 0.313 bits per heavy atom. The first-order valence-corrected chi connectivity index (χ1v) is 43.8. The van der Waals surface area contributed by atoms with Gasteiger partial charge in [-0.1, -0.05) is 342 Å². The number of carbonyl (C=O) groups excluding carboxylic acids is 4. The van der Waals surface area contributed by atoms with Crippen LogP contribution in [0.2, 0.25) is 0 Å². The van der Waals surface area contributed by atoms with Crippen LogP contribution < -0.4 is 0 Å². The smallest absolute Gasteiger partial charge is 0.462 e. The number of esters is 4. The lowest BCUT2D eigenvalue weighted by Crippen LogP contribution is -2.30. The lowest BCUT2D eigenvalue weighted by atomic mass is 10.0. The number of rotatable bonds is 77. The van der Waals surface area contributed by atoms with Crippen molar-refractivity contribution in [3.05, 3.63) is 24.3 Å². The van der Waals surface area contributed by atoms with Gasteiger partial charge in [0.2, 0.25) is 0 Å². The number of phosphoric acid groups is 2. The van der Waals surface area contributed by atoms with Gasteiger partial charge in [0.15, 0.2) is 12.2 Å². The van der Waals surface area contributed by atoms with E-state index in [1.165, 1.54) is 186 Å². The molecule has 584 valence electrons. The molecule has 3 N–H and O–H groups in total. The SMILES string of the molecule is CCCCCC/C=C\C=C/CCCCCCCC(=O)OC[C@H](COP(=O)(O)OC[C@@H](O)COP(=O)(O)OC[C@@H](COC(=O)CCCCCCCCCC(C)C)OC(=O)CCCCCCCCCCCCC(C)C)OC(=O)CCCCCCCCCCCCCCCCCCCCCCC. The summed E-state index contributed by atoms with van der Waals surface area (Å²) in [6.07, 6.45) is 63.5. The summed E-state index contributed by atoms with van der Waals surface area (Å²) in [6.45, 7) is 9.48. The van der Waals surface area contributed by atoms with Gasteiger partial charge in [-0.3, -0.25) is 37.3 Å². The molecule has 0 radical (unpaired) electrons. The van der Waals surface area contributed by atoms with E-state index in [1.54, 1.807) is 0 Å². The first kappa shape index (κ1) is 96.5. The van der Waals surface area contributed by atoms with E-state index in [2.05, 4.69) is 65.8 Å². The Labute approximate surface area is 605 Å². The van der Waals surface area contributed by atoms with Crippen LogP contribution in [0.1, 0.15) is 395 Å². The molecule has 0 aliphatic heterocycles. The summed E-state index contributed by atoms with van der Waals surface area (Å²) in [6, 6.07) is 0.